The van der Waals surface area contributed by atoms with Crippen molar-refractivity contribution < 1.29 is 12.8 Å². The van der Waals surface area contributed by atoms with Crippen LogP contribution in [0.4, 0.5) is 21.5 Å². The third-order valence-corrected chi connectivity index (χ3v) is 5.72. The summed E-state index contributed by atoms with van der Waals surface area (Å²) in [7, 11) is -2.09. The summed E-state index contributed by atoms with van der Waals surface area (Å²) in [6.07, 6.45) is 3.63. The Kier molecular flexibility index (Phi) is 4.78. The molecule has 0 bridgehead atoms. The van der Waals surface area contributed by atoms with E-state index in [1.807, 2.05) is 13.1 Å². The molecule has 0 amide bonds. The van der Waals surface area contributed by atoms with E-state index in [4.69, 9.17) is 0 Å². The van der Waals surface area contributed by atoms with Crippen LogP contribution in [0.15, 0.2) is 54.6 Å². The van der Waals surface area contributed by atoms with Gasteiger partial charge in [0.25, 0.3) is 0 Å². The van der Waals surface area contributed by atoms with Crippen molar-refractivity contribution in [1.82, 2.24) is 5.32 Å². The summed E-state index contributed by atoms with van der Waals surface area (Å²) in [5.74, 6) is -0.564. The molecule has 1 heterocycles. The fourth-order valence-corrected chi connectivity index (χ4v) is 4.46. The molecule has 25 heavy (non-hydrogen) atoms. The highest BCUT2D eigenvalue weighted by Gasteiger charge is 2.41. The average molecular weight is 361 g/mol. The van der Waals surface area contributed by atoms with Crippen molar-refractivity contribution in [2.45, 2.75) is 6.92 Å². The summed E-state index contributed by atoms with van der Waals surface area (Å²) in [5, 5.41) is 2.97. The lowest BCUT2D eigenvalue weighted by Gasteiger charge is -2.21. The van der Waals surface area contributed by atoms with E-state index in [0.29, 0.717) is 17.9 Å². The van der Waals surface area contributed by atoms with Gasteiger partial charge in [0.15, 0.2) is 0 Å². The Morgan fingerprint density at radius 1 is 1.08 bits per heavy atom. The fraction of sp³-hybridized carbons (Fsp3) is 0.222. The Labute approximate surface area is 147 Å². The molecule has 2 aromatic rings. The van der Waals surface area contributed by atoms with E-state index >= 15 is 0 Å². The average Bonchev–Trinajstić information content (AvgIpc) is 2.79. The second-order valence-electron chi connectivity index (χ2n) is 5.78. The van der Waals surface area contributed by atoms with Gasteiger partial charge in [0.1, 0.15) is 5.82 Å². The predicted molar refractivity (Wildman–Crippen MR) is 99.1 cm³/mol. The molecule has 132 valence electrons. The van der Waals surface area contributed by atoms with E-state index in [1.54, 1.807) is 43.3 Å². The van der Waals surface area contributed by atoms with Crippen molar-refractivity contribution >= 4 is 27.3 Å². The normalized spacial score (nSPS) is 15.8. The van der Waals surface area contributed by atoms with Gasteiger partial charge in [-0.25, -0.2) is 13.0 Å². The fourth-order valence-electron chi connectivity index (χ4n) is 2.79. The molecular weight excluding hydrogens is 341 g/mol. The molecule has 1 N–H and O–H groups in total. The van der Waals surface area contributed by atoms with Crippen LogP contribution in [0.5, 0.6) is 0 Å². The molecule has 0 radical (unpaired) electrons. The summed E-state index contributed by atoms with van der Waals surface area (Å²) in [6, 6.07) is 11.5. The molecule has 0 aliphatic carbocycles. The molecule has 7 heteroatoms. The third-order valence-electron chi connectivity index (χ3n) is 3.96. The minimum Gasteiger partial charge on any atom is -0.316 e. The lowest BCUT2D eigenvalue weighted by Crippen LogP contribution is -2.35. The minimum absolute atomic E-state index is 0.0276. The molecule has 0 atom stereocenters. The number of para-hydroxylation sites is 2. The highest BCUT2D eigenvalue weighted by atomic mass is 32.2. The van der Waals surface area contributed by atoms with E-state index in [-0.39, 0.29) is 12.2 Å². The summed E-state index contributed by atoms with van der Waals surface area (Å²) >= 11 is 0. The molecule has 0 aromatic heterocycles. The number of rotatable bonds is 5. The van der Waals surface area contributed by atoms with Gasteiger partial charge in [0.05, 0.1) is 23.6 Å². The molecule has 0 saturated heterocycles. The van der Waals surface area contributed by atoms with E-state index < -0.39 is 16.0 Å². The van der Waals surface area contributed by atoms with Gasteiger partial charge >= 0.3 is 10.2 Å². The Morgan fingerprint density at radius 2 is 1.80 bits per heavy atom. The van der Waals surface area contributed by atoms with Crippen LogP contribution in [-0.4, -0.2) is 28.6 Å². The van der Waals surface area contributed by atoms with Crippen molar-refractivity contribution in [2.75, 3.05) is 28.7 Å². The number of benzene rings is 2. The van der Waals surface area contributed by atoms with Gasteiger partial charge in [-0.1, -0.05) is 30.4 Å². The van der Waals surface area contributed by atoms with E-state index in [1.165, 1.54) is 16.4 Å². The van der Waals surface area contributed by atoms with Gasteiger partial charge in [-0.2, -0.15) is 8.42 Å². The predicted octanol–water partition coefficient (Wildman–Crippen LogP) is 3.11. The van der Waals surface area contributed by atoms with Gasteiger partial charge in [0, 0.05) is 6.54 Å². The zero-order chi connectivity index (χ0) is 18.0. The van der Waals surface area contributed by atoms with Crippen molar-refractivity contribution in [3.05, 3.63) is 66.0 Å². The SMILES string of the molecule is CNCC=CCN1c2ccccc2N(c2ccc(C)cc2F)S1(=O)=O. The largest absolute Gasteiger partial charge is 0.331 e. The lowest BCUT2D eigenvalue weighted by molar-refractivity contribution is 0.592. The maximum atomic E-state index is 14.5. The Balaban J connectivity index is 2.08. The number of hydrogen-bond donors (Lipinski definition) is 1. The number of likely N-dealkylation sites (N-methyl/N-ethyl adjacent to an activating group) is 1. The molecular formula is C18H20FN3O2S. The summed E-state index contributed by atoms with van der Waals surface area (Å²) in [6.45, 7) is 2.59. The third kappa shape index (κ3) is 3.12. The number of fused-ring (bicyclic) bond motifs is 1. The Bertz CT molecular complexity index is 912. The molecule has 0 spiro atoms. The molecule has 0 unspecified atom stereocenters. The monoisotopic (exact) mass is 361 g/mol. The summed E-state index contributed by atoms with van der Waals surface area (Å²) in [5.41, 5.74) is 1.75. The number of aryl methyl sites for hydroxylation is 1. The first-order chi connectivity index (χ1) is 12.0. The van der Waals surface area contributed by atoms with Crippen LogP contribution in [-0.2, 0) is 10.2 Å². The highest BCUT2D eigenvalue weighted by Crippen LogP contribution is 2.45. The number of halogens is 1. The van der Waals surface area contributed by atoms with Crippen molar-refractivity contribution in [2.24, 2.45) is 0 Å². The van der Waals surface area contributed by atoms with E-state index in [2.05, 4.69) is 5.32 Å². The first kappa shape index (κ1) is 17.4. The molecule has 0 saturated carbocycles. The van der Waals surface area contributed by atoms with Gasteiger partial charge in [-0.05, 0) is 43.8 Å². The van der Waals surface area contributed by atoms with Crippen LogP contribution >= 0.6 is 0 Å². The smallest absolute Gasteiger partial charge is 0.316 e. The molecule has 1 aliphatic rings. The second-order valence-corrected chi connectivity index (χ2v) is 7.48. The number of anilines is 3. The number of nitrogens with zero attached hydrogens (tertiary/aromatic N) is 2. The van der Waals surface area contributed by atoms with Crippen LogP contribution in [0.3, 0.4) is 0 Å². The van der Waals surface area contributed by atoms with Crippen LogP contribution in [0, 0.1) is 12.7 Å². The minimum atomic E-state index is -3.91. The number of hydrogen-bond acceptors (Lipinski definition) is 3. The summed E-state index contributed by atoms with van der Waals surface area (Å²) in [4.78, 5) is 0. The standard InChI is InChI=1S/C18H20FN3O2S/c1-14-9-10-16(15(19)13-14)22-18-8-4-3-7-17(18)21(25(22,23)24)12-6-5-11-20-2/h3-10,13,20H,11-12H2,1-2H3. The first-order valence-electron chi connectivity index (χ1n) is 7.94. The van der Waals surface area contributed by atoms with Crippen LogP contribution in [0.25, 0.3) is 0 Å². The molecule has 2 aromatic carbocycles. The zero-order valence-corrected chi connectivity index (χ0v) is 14.9. The molecule has 1 aliphatic heterocycles. The Morgan fingerprint density at radius 3 is 2.48 bits per heavy atom. The maximum absolute atomic E-state index is 14.5. The maximum Gasteiger partial charge on any atom is 0.331 e. The molecule has 5 nitrogen and oxygen atoms in total. The van der Waals surface area contributed by atoms with Crippen molar-refractivity contribution in [3.8, 4) is 0 Å². The van der Waals surface area contributed by atoms with Crippen LogP contribution in [0.2, 0.25) is 0 Å². The lowest BCUT2D eigenvalue weighted by atomic mass is 10.2. The van der Waals surface area contributed by atoms with Crippen LogP contribution in [0.1, 0.15) is 5.56 Å². The van der Waals surface area contributed by atoms with Gasteiger partial charge in [0.2, 0.25) is 0 Å². The molecule has 0 fully saturated rings. The van der Waals surface area contributed by atoms with Gasteiger partial charge in [-0.15, -0.1) is 0 Å². The quantitative estimate of drug-likeness (QED) is 0.833. The summed E-state index contributed by atoms with van der Waals surface area (Å²) < 4.78 is 43.0. The molecule has 3 rings (SSSR count). The van der Waals surface area contributed by atoms with Crippen LogP contribution < -0.4 is 13.9 Å². The topological polar surface area (TPSA) is 52.6 Å². The van der Waals surface area contributed by atoms with Crippen molar-refractivity contribution in [3.63, 3.8) is 0 Å². The zero-order valence-electron chi connectivity index (χ0n) is 14.1. The second kappa shape index (κ2) is 6.85. The highest BCUT2D eigenvalue weighted by molar-refractivity contribution is 7.95. The van der Waals surface area contributed by atoms with Gasteiger partial charge < -0.3 is 5.32 Å². The van der Waals surface area contributed by atoms with Crippen molar-refractivity contribution in [1.29, 1.82) is 0 Å². The van der Waals surface area contributed by atoms with E-state index in [9.17, 15) is 12.8 Å². The first-order valence-corrected chi connectivity index (χ1v) is 9.34. The van der Waals surface area contributed by atoms with Gasteiger partial charge in [-0.3, -0.25) is 0 Å². The van der Waals surface area contributed by atoms with E-state index in [0.717, 1.165) is 9.87 Å². The number of nitrogens with one attached hydrogen (secondary N) is 1. The Hall–Kier alpha value is -2.38.